The molecular weight excluding hydrogens is 336 g/mol. The van der Waals surface area contributed by atoms with Crippen molar-refractivity contribution in [3.63, 3.8) is 0 Å². The first-order valence-corrected chi connectivity index (χ1v) is 10.1. The summed E-state index contributed by atoms with van der Waals surface area (Å²) in [5.74, 6) is -0.309. The van der Waals surface area contributed by atoms with Gasteiger partial charge in [-0.25, -0.2) is 8.42 Å². The van der Waals surface area contributed by atoms with Crippen molar-refractivity contribution < 1.29 is 13.2 Å². The fourth-order valence-corrected chi connectivity index (χ4v) is 4.34. The van der Waals surface area contributed by atoms with Crippen LogP contribution in [-0.2, 0) is 15.6 Å². The summed E-state index contributed by atoms with van der Waals surface area (Å²) in [6, 6.07) is 15.4. The highest BCUT2D eigenvalue weighted by Gasteiger charge is 2.19. The molecule has 1 fully saturated rings. The van der Waals surface area contributed by atoms with Crippen molar-refractivity contribution in [2.75, 3.05) is 13.1 Å². The monoisotopic (exact) mass is 358 g/mol. The largest absolute Gasteiger partial charge is 0.348 e. The van der Waals surface area contributed by atoms with E-state index in [0.717, 1.165) is 31.5 Å². The van der Waals surface area contributed by atoms with Crippen LogP contribution in [0.15, 0.2) is 59.5 Å². The molecule has 0 radical (unpaired) electrons. The maximum Gasteiger partial charge on any atom is 0.251 e. The van der Waals surface area contributed by atoms with E-state index >= 15 is 0 Å². The Bertz CT molecular complexity index is 829. The summed E-state index contributed by atoms with van der Waals surface area (Å²) < 4.78 is 25.2. The second kappa shape index (κ2) is 7.80. The van der Waals surface area contributed by atoms with Crippen LogP contribution < -0.4 is 10.6 Å². The molecule has 6 heteroatoms. The van der Waals surface area contributed by atoms with Gasteiger partial charge in [-0.3, -0.25) is 4.79 Å². The van der Waals surface area contributed by atoms with Crippen LogP contribution in [0.4, 0.5) is 0 Å². The fraction of sp³-hybridized carbons (Fsp3) is 0.316. The van der Waals surface area contributed by atoms with E-state index in [1.165, 1.54) is 12.1 Å². The number of nitrogens with one attached hydrogen (secondary N) is 2. The molecule has 1 atom stereocenters. The summed E-state index contributed by atoms with van der Waals surface area (Å²) in [7, 11) is -3.49. The second-order valence-corrected chi connectivity index (χ2v) is 8.28. The molecule has 132 valence electrons. The van der Waals surface area contributed by atoms with Crippen LogP contribution in [0.3, 0.4) is 0 Å². The zero-order chi connectivity index (χ0) is 17.7. The number of carbonyl (C=O) groups is 1. The summed E-state index contributed by atoms with van der Waals surface area (Å²) >= 11 is 0. The smallest absolute Gasteiger partial charge is 0.251 e. The van der Waals surface area contributed by atoms with Crippen molar-refractivity contribution >= 4 is 15.7 Å². The van der Waals surface area contributed by atoms with Crippen LogP contribution in [0.1, 0.15) is 28.8 Å². The molecule has 2 aromatic rings. The summed E-state index contributed by atoms with van der Waals surface area (Å²) in [6.45, 7) is 1.72. The molecule has 0 aliphatic carbocycles. The van der Waals surface area contributed by atoms with Crippen LogP contribution in [0.2, 0.25) is 0 Å². The molecule has 0 saturated carbocycles. The van der Waals surface area contributed by atoms with Gasteiger partial charge >= 0.3 is 0 Å². The minimum absolute atomic E-state index is 0.0779. The lowest BCUT2D eigenvalue weighted by Crippen LogP contribution is -2.45. The van der Waals surface area contributed by atoms with Gasteiger partial charge in [0, 0.05) is 18.2 Å². The van der Waals surface area contributed by atoms with Crippen molar-refractivity contribution in [1.29, 1.82) is 0 Å². The molecule has 2 aromatic carbocycles. The van der Waals surface area contributed by atoms with Gasteiger partial charge in [0.1, 0.15) is 0 Å². The lowest BCUT2D eigenvalue weighted by molar-refractivity contribution is 0.0930. The van der Waals surface area contributed by atoms with Gasteiger partial charge < -0.3 is 10.6 Å². The Morgan fingerprint density at radius 1 is 1.12 bits per heavy atom. The standard InChI is InChI=1S/C19H22N2O3S/c22-19(21-17-9-5-11-20-13-17)16-8-4-10-18(12-16)25(23,24)14-15-6-2-1-3-7-15/h1-4,6-8,10,12,17,20H,5,9,11,13-14H2,(H,21,22)/t17-/m0/s1. The zero-order valence-electron chi connectivity index (χ0n) is 13.9. The van der Waals surface area contributed by atoms with Crippen LogP contribution in [0, 0.1) is 0 Å². The summed E-state index contributed by atoms with van der Waals surface area (Å²) in [4.78, 5) is 12.6. The minimum Gasteiger partial charge on any atom is -0.348 e. The first-order valence-electron chi connectivity index (χ1n) is 8.43. The van der Waals surface area contributed by atoms with Gasteiger partial charge in [0.25, 0.3) is 5.91 Å². The topological polar surface area (TPSA) is 75.3 Å². The number of benzene rings is 2. The SMILES string of the molecule is O=C(N[C@H]1CCCNC1)c1cccc(S(=O)(=O)Cc2ccccc2)c1. The van der Waals surface area contributed by atoms with Gasteiger partial charge in [0.15, 0.2) is 9.84 Å². The van der Waals surface area contributed by atoms with E-state index in [1.54, 1.807) is 24.3 Å². The van der Waals surface area contributed by atoms with Crippen molar-refractivity contribution in [2.24, 2.45) is 0 Å². The lowest BCUT2D eigenvalue weighted by atomic mass is 10.1. The quantitative estimate of drug-likeness (QED) is 0.859. The molecule has 1 amide bonds. The normalized spacial score (nSPS) is 17.8. The number of piperidine rings is 1. The van der Waals surface area contributed by atoms with Gasteiger partial charge in [-0.2, -0.15) is 0 Å². The molecule has 2 N–H and O–H groups in total. The molecule has 0 unspecified atom stereocenters. The average molecular weight is 358 g/mol. The maximum absolute atomic E-state index is 12.6. The average Bonchev–Trinajstić information content (AvgIpc) is 2.63. The van der Waals surface area contributed by atoms with Crippen molar-refractivity contribution in [2.45, 2.75) is 29.5 Å². The number of hydrogen-bond acceptors (Lipinski definition) is 4. The van der Waals surface area contributed by atoms with Gasteiger partial charge in [0.2, 0.25) is 0 Å². The van der Waals surface area contributed by atoms with E-state index in [9.17, 15) is 13.2 Å². The third kappa shape index (κ3) is 4.67. The van der Waals surface area contributed by atoms with Crippen LogP contribution in [0.5, 0.6) is 0 Å². The first-order chi connectivity index (χ1) is 12.0. The highest BCUT2D eigenvalue weighted by Crippen LogP contribution is 2.18. The molecule has 1 aliphatic rings. The number of amides is 1. The Morgan fingerprint density at radius 2 is 1.92 bits per heavy atom. The predicted molar refractivity (Wildman–Crippen MR) is 97.1 cm³/mol. The minimum atomic E-state index is -3.49. The third-order valence-electron chi connectivity index (χ3n) is 4.29. The predicted octanol–water partition coefficient (Wildman–Crippen LogP) is 2.14. The van der Waals surface area contributed by atoms with Gasteiger partial charge in [0.05, 0.1) is 10.6 Å². The Hall–Kier alpha value is -2.18. The van der Waals surface area contributed by atoms with Crippen molar-refractivity contribution in [3.05, 3.63) is 65.7 Å². The van der Waals surface area contributed by atoms with Gasteiger partial charge in [-0.15, -0.1) is 0 Å². The van der Waals surface area contributed by atoms with E-state index in [0.29, 0.717) is 5.56 Å². The Kier molecular flexibility index (Phi) is 5.50. The van der Waals surface area contributed by atoms with E-state index in [1.807, 2.05) is 18.2 Å². The number of hydrogen-bond donors (Lipinski definition) is 2. The molecule has 1 saturated heterocycles. The zero-order valence-corrected chi connectivity index (χ0v) is 14.8. The molecule has 5 nitrogen and oxygen atoms in total. The number of carbonyl (C=O) groups excluding carboxylic acids is 1. The molecule has 3 rings (SSSR count). The first kappa shape index (κ1) is 17.6. The van der Waals surface area contributed by atoms with Crippen LogP contribution in [-0.4, -0.2) is 33.5 Å². The third-order valence-corrected chi connectivity index (χ3v) is 5.97. The van der Waals surface area contributed by atoms with E-state index < -0.39 is 9.84 Å². The van der Waals surface area contributed by atoms with Crippen molar-refractivity contribution in [3.8, 4) is 0 Å². The summed E-state index contributed by atoms with van der Waals surface area (Å²) in [6.07, 6.45) is 1.96. The summed E-state index contributed by atoms with van der Waals surface area (Å²) in [5.41, 5.74) is 1.10. The molecule has 0 spiro atoms. The van der Waals surface area contributed by atoms with Gasteiger partial charge in [-0.05, 0) is 43.1 Å². The molecule has 1 aliphatic heterocycles. The highest BCUT2D eigenvalue weighted by atomic mass is 32.2. The lowest BCUT2D eigenvalue weighted by Gasteiger charge is -2.23. The summed E-state index contributed by atoms with van der Waals surface area (Å²) in [5, 5.41) is 6.21. The second-order valence-electron chi connectivity index (χ2n) is 6.29. The number of sulfone groups is 1. The van der Waals surface area contributed by atoms with Crippen molar-refractivity contribution in [1.82, 2.24) is 10.6 Å². The van der Waals surface area contributed by atoms with E-state index in [4.69, 9.17) is 0 Å². The Labute approximate surface area is 148 Å². The van der Waals surface area contributed by atoms with E-state index in [2.05, 4.69) is 10.6 Å². The van der Waals surface area contributed by atoms with Crippen LogP contribution in [0.25, 0.3) is 0 Å². The Balaban J connectivity index is 1.75. The Morgan fingerprint density at radius 3 is 2.64 bits per heavy atom. The fourth-order valence-electron chi connectivity index (χ4n) is 2.95. The molecule has 25 heavy (non-hydrogen) atoms. The molecule has 1 heterocycles. The maximum atomic E-state index is 12.6. The number of rotatable bonds is 5. The van der Waals surface area contributed by atoms with E-state index in [-0.39, 0.29) is 22.6 Å². The molecule has 0 aromatic heterocycles. The molecule has 0 bridgehead atoms. The molecular formula is C19H22N2O3S. The van der Waals surface area contributed by atoms with Gasteiger partial charge in [-0.1, -0.05) is 36.4 Å². The highest BCUT2D eigenvalue weighted by molar-refractivity contribution is 7.90. The van der Waals surface area contributed by atoms with Crippen LogP contribution >= 0.6 is 0 Å².